The van der Waals surface area contributed by atoms with E-state index in [9.17, 15) is 13.2 Å². The Bertz CT molecular complexity index is 838. The van der Waals surface area contributed by atoms with Crippen LogP contribution >= 0.6 is 0 Å². The van der Waals surface area contributed by atoms with Crippen LogP contribution in [0.4, 0.5) is 5.69 Å². The van der Waals surface area contributed by atoms with Crippen molar-refractivity contribution in [2.24, 2.45) is 5.10 Å². The molecule has 23 heavy (non-hydrogen) atoms. The number of aryl methyl sites for hydroxylation is 1. The van der Waals surface area contributed by atoms with Gasteiger partial charge in [0.15, 0.2) is 5.69 Å². The number of hydrogen-bond donors (Lipinski definition) is 2. The van der Waals surface area contributed by atoms with Gasteiger partial charge in [-0.1, -0.05) is 17.3 Å². The second kappa shape index (κ2) is 6.61. The molecule has 0 saturated heterocycles. The molecule has 9 heteroatoms. The van der Waals surface area contributed by atoms with E-state index < -0.39 is 15.9 Å². The molecule has 0 unspecified atom stereocenters. The number of hydrogen-bond acceptors (Lipinski definition) is 6. The number of aromatic nitrogens is 1. The molecule has 122 valence electrons. The summed E-state index contributed by atoms with van der Waals surface area (Å²) in [5.41, 5.74) is 4.27. The highest BCUT2D eigenvalue weighted by Crippen LogP contribution is 2.11. The fourth-order valence-electron chi connectivity index (χ4n) is 1.72. The smallest absolute Gasteiger partial charge is 0.293 e. The number of carbonyl (C=O) groups excluding carboxylic acids is 1. The van der Waals surface area contributed by atoms with E-state index >= 15 is 0 Å². The zero-order valence-electron chi connectivity index (χ0n) is 12.8. The molecule has 0 aliphatic carbocycles. The number of nitrogens with one attached hydrogen (secondary N) is 2. The molecule has 2 rings (SSSR count). The number of carbonyl (C=O) groups is 1. The lowest BCUT2D eigenvalue weighted by Crippen LogP contribution is -2.19. The minimum absolute atomic E-state index is 0.145. The van der Waals surface area contributed by atoms with E-state index in [1.54, 1.807) is 38.1 Å². The van der Waals surface area contributed by atoms with Gasteiger partial charge in [-0.05, 0) is 31.5 Å². The molecule has 1 aromatic carbocycles. The van der Waals surface area contributed by atoms with Crippen LogP contribution in [0.25, 0.3) is 0 Å². The van der Waals surface area contributed by atoms with Crippen LogP contribution in [0.15, 0.2) is 40.0 Å². The SMILES string of the molecule is C/C(=N/NC(=O)c1cc(C)on1)c1ccc(NS(C)(=O)=O)cc1. The van der Waals surface area contributed by atoms with Crippen molar-refractivity contribution in [3.63, 3.8) is 0 Å². The Morgan fingerprint density at radius 2 is 1.91 bits per heavy atom. The van der Waals surface area contributed by atoms with E-state index in [0.717, 1.165) is 11.8 Å². The van der Waals surface area contributed by atoms with Gasteiger partial charge in [-0.2, -0.15) is 5.10 Å². The molecular weight excluding hydrogens is 320 g/mol. The molecule has 0 radical (unpaired) electrons. The third kappa shape index (κ3) is 4.92. The lowest BCUT2D eigenvalue weighted by Gasteiger charge is -2.05. The third-order valence-corrected chi connectivity index (χ3v) is 3.40. The minimum atomic E-state index is -3.31. The monoisotopic (exact) mass is 336 g/mol. The Labute approximate surface area is 133 Å². The summed E-state index contributed by atoms with van der Waals surface area (Å²) in [6.07, 6.45) is 1.08. The largest absolute Gasteiger partial charge is 0.361 e. The molecule has 2 N–H and O–H groups in total. The van der Waals surface area contributed by atoms with Crippen molar-refractivity contribution in [2.75, 3.05) is 11.0 Å². The van der Waals surface area contributed by atoms with Crippen molar-refractivity contribution in [2.45, 2.75) is 13.8 Å². The molecule has 1 aromatic heterocycles. The molecular formula is C14H16N4O4S. The van der Waals surface area contributed by atoms with Crippen molar-refractivity contribution in [3.8, 4) is 0 Å². The Balaban J connectivity index is 2.04. The van der Waals surface area contributed by atoms with Crippen LogP contribution in [0, 0.1) is 6.92 Å². The predicted octanol–water partition coefficient (Wildman–Crippen LogP) is 1.51. The van der Waals surface area contributed by atoms with Crippen molar-refractivity contribution < 1.29 is 17.7 Å². The van der Waals surface area contributed by atoms with Crippen LogP contribution in [0.1, 0.15) is 28.7 Å². The number of benzene rings is 1. The number of anilines is 1. The van der Waals surface area contributed by atoms with Gasteiger partial charge in [-0.15, -0.1) is 0 Å². The average molecular weight is 336 g/mol. The van der Waals surface area contributed by atoms with Gasteiger partial charge in [0.05, 0.1) is 12.0 Å². The molecule has 1 amide bonds. The maximum absolute atomic E-state index is 11.8. The van der Waals surface area contributed by atoms with Gasteiger partial charge in [0.1, 0.15) is 5.76 Å². The van der Waals surface area contributed by atoms with Crippen LogP contribution in [-0.4, -0.2) is 31.4 Å². The number of nitrogens with zero attached hydrogens (tertiary/aromatic N) is 2. The fourth-order valence-corrected chi connectivity index (χ4v) is 2.29. The van der Waals surface area contributed by atoms with E-state index in [4.69, 9.17) is 4.52 Å². The predicted molar refractivity (Wildman–Crippen MR) is 85.8 cm³/mol. The zero-order valence-corrected chi connectivity index (χ0v) is 13.6. The molecule has 0 bridgehead atoms. The second-order valence-electron chi connectivity index (χ2n) is 4.91. The first-order chi connectivity index (χ1) is 10.7. The summed E-state index contributed by atoms with van der Waals surface area (Å²) in [5, 5.41) is 7.57. The third-order valence-electron chi connectivity index (χ3n) is 2.79. The van der Waals surface area contributed by atoms with E-state index in [-0.39, 0.29) is 5.69 Å². The summed E-state index contributed by atoms with van der Waals surface area (Å²) in [6, 6.07) is 8.11. The quantitative estimate of drug-likeness (QED) is 0.634. The Morgan fingerprint density at radius 3 is 2.43 bits per heavy atom. The van der Waals surface area contributed by atoms with Gasteiger partial charge in [0, 0.05) is 11.8 Å². The number of hydrazone groups is 1. The Morgan fingerprint density at radius 1 is 1.26 bits per heavy atom. The zero-order chi connectivity index (χ0) is 17.0. The Kier molecular flexibility index (Phi) is 4.80. The first-order valence-electron chi connectivity index (χ1n) is 6.61. The van der Waals surface area contributed by atoms with Gasteiger partial charge >= 0.3 is 0 Å². The molecule has 0 aliphatic heterocycles. The Hall–Kier alpha value is -2.68. The van der Waals surface area contributed by atoms with Crippen molar-refractivity contribution in [1.82, 2.24) is 10.6 Å². The number of rotatable bonds is 5. The lowest BCUT2D eigenvalue weighted by atomic mass is 10.1. The van der Waals surface area contributed by atoms with Crippen molar-refractivity contribution in [1.29, 1.82) is 0 Å². The molecule has 0 saturated carbocycles. The van der Waals surface area contributed by atoms with Gasteiger partial charge < -0.3 is 4.52 Å². The topological polar surface area (TPSA) is 114 Å². The number of amides is 1. The average Bonchev–Trinajstić information content (AvgIpc) is 2.90. The lowest BCUT2D eigenvalue weighted by molar-refractivity contribution is 0.0945. The first-order valence-corrected chi connectivity index (χ1v) is 8.50. The highest BCUT2D eigenvalue weighted by molar-refractivity contribution is 7.92. The molecule has 8 nitrogen and oxygen atoms in total. The molecule has 0 fully saturated rings. The van der Waals surface area contributed by atoms with E-state index in [2.05, 4.69) is 20.4 Å². The molecule has 1 heterocycles. The van der Waals surface area contributed by atoms with E-state index in [1.807, 2.05) is 0 Å². The summed E-state index contributed by atoms with van der Waals surface area (Å²) < 4.78 is 29.5. The van der Waals surface area contributed by atoms with Gasteiger partial charge in [0.2, 0.25) is 10.0 Å². The highest BCUT2D eigenvalue weighted by atomic mass is 32.2. The molecule has 0 aliphatic rings. The summed E-state index contributed by atoms with van der Waals surface area (Å²) in [6.45, 7) is 3.40. The van der Waals surface area contributed by atoms with Crippen LogP contribution in [0.5, 0.6) is 0 Å². The summed E-state index contributed by atoms with van der Waals surface area (Å²) in [4.78, 5) is 11.8. The minimum Gasteiger partial charge on any atom is -0.361 e. The van der Waals surface area contributed by atoms with E-state index in [1.165, 1.54) is 6.07 Å². The molecule has 0 atom stereocenters. The summed E-state index contributed by atoms with van der Waals surface area (Å²) in [5.74, 6) is 0.0568. The molecule has 2 aromatic rings. The molecule has 0 spiro atoms. The highest BCUT2D eigenvalue weighted by Gasteiger charge is 2.10. The second-order valence-corrected chi connectivity index (χ2v) is 6.66. The van der Waals surface area contributed by atoms with Gasteiger partial charge in [0.25, 0.3) is 5.91 Å². The van der Waals surface area contributed by atoms with Crippen molar-refractivity contribution >= 4 is 27.3 Å². The van der Waals surface area contributed by atoms with Crippen LogP contribution in [-0.2, 0) is 10.0 Å². The maximum atomic E-state index is 11.8. The first kappa shape index (κ1) is 16.7. The van der Waals surface area contributed by atoms with Crippen LogP contribution < -0.4 is 10.1 Å². The summed E-state index contributed by atoms with van der Waals surface area (Å²) >= 11 is 0. The summed E-state index contributed by atoms with van der Waals surface area (Å²) in [7, 11) is -3.31. The van der Waals surface area contributed by atoms with Gasteiger partial charge in [-0.3, -0.25) is 9.52 Å². The van der Waals surface area contributed by atoms with Crippen LogP contribution in [0.3, 0.4) is 0 Å². The maximum Gasteiger partial charge on any atom is 0.293 e. The normalized spacial score (nSPS) is 12.0. The fraction of sp³-hybridized carbons (Fsp3) is 0.214. The standard InChI is InChI=1S/C14H16N4O4S/c1-9-8-13(17-22-9)14(19)16-15-10(2)11-4-6-12(7-5-11)18-23(3,20)21/h4-8,18H,1-3H3,(H,16,19)/b15-10-. The number of sulfonamides is 1. The van der Waals surface area contributed by atoms with E-state index in [0.29, 0.717) is 17.2 Å². The van der Waals surface area contributed by atoms with Crippen LogP contribution in [0.2, 0.25) is 0 Å². The van der Waals surface area contributed by atoms with Crippen molar-refractivity contribution in [3.05, 3.63) is 47.3 Å². The van der Waals surface area contributed by atoms with Gasteiger partial charge in [-0.25, -0.2) is 13.8 Å².